The third kappa shape index (κ3) is 4.46. The molecule has 0 unspecified atom stereocenters. The highest BCUT2D eigenvalue weighted by molar-refractivity contribution is 7.90. The Morgan fingerprint density at radius 2 is 1.90 bits per heavy atom. The summed E-state index contributed by atoms with van der Waals surface area (Å²) in [5.41, 5.74) is 2.97. The van der Waals surface area contributed by atoms with E-state index in [4.69, 9.17) is 22.1 Å². The minimum atomic E-state index is -4.64. The van der Waals surface area contributed by atoms with E-state index < -0.39 is 49.0 Å². The van der Waals surface area contributed by atoms with Gasteiger partial charge in [-0.05, 0) is 36.8 Å². The molecule has 2 N–H and O–H groups in total. The van der Waals surface area contributed by atoms with Crippen molar-refractivity contribution in [3.8, 4) is 11.6 Å². The second kappa shape index (κ2) is 7.81. The van der Waals surface area contributed by atoms with Crippen LogP contribution < -0.4 is 16.2 Å². The van der Waals surface area contributed by atoms with E-state index in [1.807, 2.05) is 0 Å². The molecule has 0 amide bonds. The molecule has 0 aliphatic rings. The third-order valence-electron chi connectivity index (χ3n) is 3.92. The molecule has 0 radical (unpaired) electrons. The lowest BCUT2D eigenvalue weighted by molar-refractivity contribution is -0.137. The zero-order chi connectivity index (χ0) is 23.1. The zero-order valence-electron chi connectivity index (χ0n) is 15.3. The molecule has 0 aliphatic carbocycles. The standard InChI is InChI=1S/C17H11ClF4N4O4S/c1-8-4-10(31(28,29)26-7-12(19)14(23)25-16(26)27)2-3-13(8)30-15-11(18)5-9(6-24-15)17(20,21)22/h2-7H,1H3,(H2,23,25,27). The quantitative estimate of drug-likeness (QED) is 0.571. The maximum atomic E-state index is 13.6. The fourth-order valence-electron chi connectivity index (χ4n) is 2.37. The van der Waals surface area contributed by atoms with Crippen LogP contribution in [0.4, 0.5) is 23.4 Å². The average Bonchev–Trinajstić information content (AvgIpc) is 2.66. The second-order valence-electron chi connectivity index (χ2n) is 6.10. The number of nitrogens with two attached hydrogens (primary N) is 1. The predicted octanol–water partition coefficient (Wildman–Crippen LogP) is 3.37. The average molecular weight is 479 g/mol. The summed E-state index contributed by atoms with van der Waals surface area (Å²) in [7, 11) is -4.53. The van der Waals surface area contributed by atoms with Gasteiger partial charge in [-0.25, -0.2) is 22.6 Å². The van der Waals surface area contributed by atoms with Gasteiger partial charge in [0, 0.05) is 6.20 Å². The van der Waals surface area contributed by atoms with Gasteiger partial charge in [0.15, 0.2) is 11.6 Å². The van der Waals surface area contributed by atoms with Gasteiger partial charge in [0.2, 0.25) is 5.88 Å². The molecule has 14 heteroatoms. The summed E-state index contributed by atoms with van der Waals surface area (Å²) in [6, 6.07) is 3.94. The van der Waals surface area contributed by atoms with Crippen LogP contribution in [0.25, 0.3) is 0 Å². The first kappa shape index (κ1) is 22.5. The molecule has 8 nitrogen and oxygen atoms in total. The van der Waals surface area contributed by atoms with Crippen LogP contribution in [0, 0.1) is 12.7 Å². The Labute approximate surface area is 176 Å². The van der Waals surface area contributed by atoms with Crippen LogP contribution in [0.3, 0.4) is 0 Å². The smallest absolute Gasteiger partial charge is 0.417 e. The number of hydrogen-bond acceptors (Lipinski definition) is 7. The van der Waals surface area contributed by atoms with Crippen LogP contribution in [0.15, 0.2) is 46.3 Å². The van der Waals surface area contributed by atoms with Gasteiger partial charge in [-0.3, -0.25) is 0 Å². The lowest BCUT2D eigenvalue weighted by atomic mass is 10.2. The van der Waals surface area contributed by atoms with Gasteiger partial charge in [0.1, 0.15) is 10.8 Å². The number of aryl methyl sites for hydroxylation is 1. The van der Waals surface area contributed by atoms with Crippen molar-refractivity contribution in [2.24, 2.45) is 0 Å². The molecule has 1 aromatic carbocycles. The summed E-state index contributed by atoms with van der Waals surface area (Å²) in [5.74, 6) is -2.27. The summed E-state index contributed by atoms with van der Waals surface area (Å²) in [6.07, 6.45) is -3.72. The van der Waals surface area contributed by atoms with Crippen molar-refractivity contribution in [3.63, 3.8) is 0 Å². The Morgan fingerprint density at radius 1 is 1.23 bits per heavy atom. The largest absolute Gasteiger partial charge is 0.437 e. The van der Waals surface area contributed by atoms with Crippen LogP contribution in [0.1, 0.15) is 11.1 Å². The molecule has 2 heterocycles. The van der Waals surface area contributed by atoms with Crippen LogP contribution in [0.2, 0.25) is 5.02 Å². The number of nitrogen functional groups attached to an aromatic ring is 1. The second-order valence-corrected chi connectivity index (χ2v) is 8.32. The van der Waals surface area contributed by atoms with Gasteiger partial charge in [-0.1, -0.05) is 11.6 Å². The number of pyridine rings is 1. The van der Waals surface area contributed by atoms with E-state index in [1.54, 1.807) is 0 Å². The number of anilines is 1. The Balaban J connectivity index is 1.96. The van der Waals surface area contributed by atoms with E-state index >= 15 is 0 Å². The summed E-state index contributed by atoms with van der Waals surface area (Å²) in [4.78, 5) is 18.1. The third-order valence-corrected chi connectivity index (χ3v) is 5.82. The van der Waals surface area contributed by atoms with Crippen LogP contribution >= 0.6 is 11.6 Å². The monoisotopic (exact) mass is 478 g/mol. The number of benzene rings is 1. The van der Waals surface area contributed by atoms with Gasteiger partial charge < -0.3 is 10.5 Å². The first-order valence-corrected chi connectivity index (χ1v) is 9.94. The topological polar surface area (TPSA) is 117 Å². The molecule has 0 bridgehead atoms. The minimum absolute atomic E-state index is 0.0297. The molecule has 31 heavy (non-hydrogen) atoms. The first-order valence-electron chi connectivity index (χ1n) is 8.12. The van der Waals surface area contributed by atoms with Gasteiger partial charge in [0.25, 0.3) is 10.0 Å². The van der Waals surface area contributed by atoms with Crippen molar-refractivity contribution in [1.29, 1.82) is 0 Å². The highest BCUT2D eigenvalue weighted by Gasteiger charge is 2.32. The van der Waals surface area contributed by atoms with E-state index in [2.05, 4.69) is 9.97 Å². The number of rotatable bonds is 4. The van der Waals surface area contributed by atoms with Gasteiger partial charge >= 0.3 is 11.9 Å². The molecule has 0 atom stereocenters. The summed E-state index contributed by atoms with van der Waals surface area (Å²) >= 11 is 5.79. The van der Waals surface area contributed by atoms with E-state index in [0.29, 0.717) is 18.5 Å². The molecule has 0 saturated carbocycles. The maximum Gasteiger partial charge on any atom is 0.417 e. The molecule has 0 saturated heterocycles. The minimum Gasteiger partial charge on any atom is -0.437 e. The van der Waals surface area contributed by atoms with Crippen molar-refractivity contribution in [1.82, 2.24) is 13.9 Å². The normalized spacial score (nSPS) is 12.1. The molecule has 3 aromatic rings. The molecule has 0 aliphatic heterocycles. The summed E-state index contributed by atoms with van der Waals surface area (Å²) < 4.78 is 82.5. The SMILES string of the molecule is Cc1cc(S(=O)(=O)n2cc(F)c(N)nc2=O)ccc1Oc1ncc(C(F)(F)F)cc1Cl. The fraction of sp³-hybridized carbons (Fsp3) is 0.118. The summed E-state index contributed by atoms with van der Waals surface area (Å²) in [6.45, 7) is 1.43. The Bertz CT molecular complexity index is 1340. The molecule has 2 aromatic heterocycles. The molecule has 3 rings (SSSR count). The van der Waals surface area contributed by atoms with Crippen molar-refractivity contribution < 1.29 is 30.7 Å². The number of alkyl halides is 3. The molecule has 0 spiro atoms. The van der Waals surface area contributed by atoms with E-state index in [0.717, 1.165) is 12.1 Å². The lowest BCUT2D eigenvalue weighted by Crippen LogP contribution is -2.30. The van der Waals surface area contributed by atoms with Crippen molar-refractivity contribution in [2.45, 2.75) is 18.0 Å². The van der Waals surface area contributed by atoms with Crippen molar-refractivity contribution in [3.05, 3.63) is 69.1 Å². The predicted molar refractivity (Wildman–Crippen MR) is 101 cm³/mol. The summed E-state index contributed by atoms with van der Waals surface area (Å²) in [5, 5.41) is -0.416. The molecule has 164 valence electrons. The zero-order valence-corrected chi connectivity index (χ0v) is 16.9. The number of aromatic nitrogens is 3. The lowest BCUT2D eigenvalue weighted by Gasteiger charge is -2.13. The Hall–Kier alpha value is -3.19. The van der Waals surface area contributed by atoms with E-state index in [9.17, 15) is 30.8 Å². The number of nitrogens with zero attached hydrogens (tertiary/aromatic N) is 3. The Kier molecular flexibility index (Phi) is 5.67. The molecule has 0 fully saturated rings. The first-order chi connectivity index (χ1) is 14.3. The van der Waals surface area contributed by atoms with Crippen molar-refractivity contribution >= 4 is 27.4 Å². The van der Waals surface area contributed by atoms with Crippen molar-refractivity contribution in [2.75, 3.05) is 5.73 Å². The van der Waals surface area contributed by atoms with Crippen LogP contribution in [-0.4, -0.2) is 22.4 Å². The highest BCUT2D eigenvalue weighted by atomic mass is 35.5. The fourth-order valence-corrected chi connectivity index (χ4v) is 3.85. The highest BCUT2D eigenvalue weighted by Crippen LogP contribution is 2.35. The van der Waals surface area contributed by atoms with Gasteiger partial charge in [-0.15, -0.1) is 0 Å². The van der Waals surface area contributed by atoms with Crippen LogP contribution in [0.5, 0.6) is 11.6 Å². The number of ether oxygens (including phenoxy) is 1. The number of hydrogen-bond donors (Lipinski definition) is 1. The maximum absolute atomic E-state index is 13.6. The molecular weight excluding hydrogens is 468 g/mol. The van der Waals surface area contributed by atoms with E-state index in [-0.39, 0.29) is 21.2 Å². The van der Waals surface area contributed by atoms with Crippen LogP contribution in [-0.2, 0) is 16.2 Å². The Morgan fingerprint density at radius 3 is 2.48 bits per heavy atom. The van der Waals surface area contributed by atoms with Gasteiger partial charge in [-0.2, -0.15) is 22.1 Å². The molecular formula is C17H11ClF4N4O4S. The number of halogens is 5. The van der Waals surface area contributed by atoms with E-state index in [1.165, 1.54) is 13.0 Å². The van der Waals surface area contributed by atoms with Gasteiger partial charge in [0.05, 0.1) is 16.7 Å².